The summed E-state index contributed by atoms with van der Waals surface area (Å²) in [4.78, 5) is 12.8. The number of nitrogens with zero attached hydrogens (tertiary/aromatic N) is 3. The Kier molecular flexibility index (Phi) is 4.82. The van der Waals surface area contributed by atoms with Gasteiger partial charge in [-0.25, -0.2) is 0 Å². The van der Waals surface area contributed by atoms with Crippen molar-refractivity contribution in [2.75, 3.05) is 23.8 Å². The second-order valence-electron chi connectivity index (χ2n) is 5.91. The van der Waals surface area contributed by atoms with Gasteiger partial charge in [-0.05, 0) is 19.8 Å². The highest BCUT2D eigenvalue weighted by Crippen LogP contribution is 2.41. The van der Waals surface area contributed by atoms with Gasteiger partial charge in [0.05, 0.1) is 12.7 Å². The largest absolute Gasteiger partial charge is 0.463 e. The maximum absolute atomic E-state index is 9.80. The normalized spacial score (nSPS) is 23.3. The van der Waals surface area contributed by atoms with Crippen LogP contribution in [0.15, 0.2) is 0 Å². The van der Waals surface area contributed by atoms with E-state index in [2.05, 4.69) is 25.6 Å². The highest BCUT2D eigenvalue weighted by Gasteiger charge is 2.47. The summed E-state index contributed by atoms with van der Waals surface area (Å²) in [5.74, 6) is 0.982. The highest BCUT2D eigenvalue weighted by molar-refractivity contribution is 5.38. The molecule has 2 unspecified atom stereocenters. The molecule has 1 aliphatic carbocycles. The van der Waals surface area contributed by atoms with Gasteiger partial charge in [0.25, 0.3) is 0 Å². The van der Waals surface area contributed by atoms with Crippen LogP contribution in [0.25, 0.3) is 0 Å². The van der Waals surface area contributed by atoms with Crippen molar-refractivity contribution < 1.29 is 9.84 Å². The summed E-state index contributed by atoms with van der Waals surface area (Å²) < 4.78 is 5.50. The summed E-state index contributed by atoms with van der Waals surface area (Å²) in [5, 5.41) is 16.1. The molecule has 7 nitrogen and oxygen atoms in total. The van der Waals surface area contributed by atoms with Crippen LogP contribution in [0, 0.1) is 5.41 Å². The average Bonchev–Trinajstić information content (AvgIpc) is 2.45. The molecule has 1 aliphatic rings. The minimum Gasteiger partial charge on any atom is -0.463 e. The van der Waals surface area contributed by atoms with Gasteiger partial charge in [0.1, 0.15) is 0 Å². The van der Waals surface area contributed by atoms with Crippen LogP contribution >= 0.6 is 0 Å². The van der Waals surface area contributed by atoms with Crippen LogP contribution in [0.2, 0.25) is 0 Å². The van der Waals surface area contributed by atoms with Crippen molar-refractivity contribution in [3.63, 3.8) is 0 Å². The van der Waals surface area contributed by atoms with Crippen molar-refractivity contribution >= 4 is 11.9 Å². The SMILES string of the molecule is CCCOc1nc(NCC)nc(NC2CC(O)C2(C)C)n1. The second kappa shape index (κ2) is 6.43. The monoisotopic (exact) mass is 295 g/mol. The first kappa shape index (κ1) is 15.8. The maximum Gasteiger partial charge on any atom is 0.323 e. The molecule has 0 spiro atoms. The molecular formula is C14H25N5O2. The third kappa shape index (κ3) is 3.53. The lowest BCUT2D eigenvalue weighted by Crippen LogP contribution is -2.57. The molecule has 1 fully saturated rings. The van der Waals surface area contributed by atoms with Gasteiger partial charge < -0.3 is 20.5 Å². The van der Waals surface area contributed by atoms with Crippen molar-refractivity contribution in [3.05, 3.63) is 0 Å². The number of aromatic nitrogens is 3. The van der Waals surface area contributed by atoms with E-state index in [4.69, 9.17) is 4.74 Å². The van der Waals surface area contributed by atoms with Gasteiger partial charge in [0.15, 0.2) is 0 Å². The van der Waals surface area contributed by atoms with E-state index >= 15 is 0 Å². The van der Waals surface area contributed by atoms with Gasteiger partial charge in [-0.15, -0.1) is 0 Å². The molecule has 0 aromatic carbocycles. The molecule has 1 aromatic heterocycles. The van der Waals surface area contributed by atoms with Crippen LogP contribution in [0.5, 0.6) is 6.01 Å². The Balaban J connectivity index is 2.12. The van der Waals surface area contributed by atoms with Gasteiger partial charge in [-0.3, -0.25) is 0 Å². The molecule has 0 aliphatic heterocycles. The Morgan fingerprint density at radius 2 is 1.95 bits per heavy atom. The van der Waals surface area contributed by atoms with Gasteiger partial charge in [-0.1, -0.05) is 20.8 Å². The number of hydrogen-bond acceptors (Lipinski definition) is 7. The number of nitrogens with one attached hydrogen (secondary N) is 2. The van der Waals surface area contributed by atoms with Crippen LogP contribution in [0.1, 0.15) is 40.5 Å². The van der Waals surface area contributed by atoms with Crippen molar-refractivity contribution in [1.82, 2.24) is 15.0 Å². The van der Waals surface area contributed by atoms with Crippen molar-refractivity contribution in [1.29, 1.82) is 0 Å². The number of anilines is 2. The Morgan fingerprint density at radius 1 is 1.24 bits per heavy atom. The zero-order valence-electron chi connectivity index (χ0n) is 13.2. The molecule has 2 rings (SSSR count). The molecule has 1 aromatic rings. The third-order valence-electron chi connectivity index (χ3n) is 3.90. The zero-order valence-corrected chi connectivity index (χ0v) is 13.2. The smallest absolute Gasteiger partial charge is 0.323 e. The lowest BCUT2D eigenvalue weighted by molar-refractivity contribution is -0.0513. The van der Waals surface area contributed by atoms with E-state index in [0.717, 1.165) is 13.0 Å². The number of rotatable bonds is 7. The molecule has 7 heteroatoms. The summed E-state index contributed by atoms with van der Waals surface area (Å²) in [7, 11) is 0. The lowest BCUT2D eigenvalue weighted by Gasteiger charge is -2.49. The van der Waals surface area contributed by atoms with Crippen molar-refractivity contribution in [3.8, 4) is 6.01 Å². The van der Waals surface area contributed by atoms with Crippen LogP contribution in [-0.4, -0.2) is 45.4 Å². The van der Waals surface area contributed by atoms with Gasteiger partial charge in [-0.2, -0.15) is 15.0 Å². The quantitative estimate of drug-likeness (QED) is 0.704. The number of hydrogen-bond donors (Lipinski definition) is 3. The van der Waals surface area contributed by atoms with Crippen molar-refractivity contribution in [2.24, 2.45) is 5.41 Å². The highest BCUT2D eigenvalue weighted by atomic mass is 16.5. The molecule has 0 radical (unpaired) electrons. The summed E-state index contributed by atoms with van der Waals surface area (Å²) in [6.07, 6.45) is 1.30. The van der Waals surface area contributed by atoms with E-state index < -0.39 is 0 Å². The fourth-order valence-corrected chi connectivity index (χ4v) is 2.22. The van der Waals surface area contributed by atoms with Crippen LogP contribution in [-0.2, 0) is 0 Å². The molecule has 3 N–H and O–H groups in total. The second-order valence-corrected chi connectivity index (χ2v) is 5.91. The molecule has 1 saturated carbocycles. The van der Waals surface area contributed by atoms with E-state index in [-0.39, 0.29) is 17.6 Å². The van der Waals surface area contributed by atoms with E-state index in [1.165, 1.54) is 0 Å². The minimum absolute atomic E-state index is 0.142. The predicted octanol–water partition coefficient (Wildman–Crippen LogP) is 1.66. The molecule has 0 saturated heterocycles. The number of aliphatic hydroxyl groups is 1. The van der Waals surface area contributed by atoms with Crippen LogP contribution in [0.4, 0.5) is 11.9 Å². The zero-order chi connectivity index (χ0) is 15.5. The Morgan fingerprint density at radius 3 is 2.52 bits per heavy atom. The molecule has 21 heavy (non-hydrogen) atoms. The van der Waals surface area contributed by atoms with E-state index in [1.807, 2.05) is 27.7 Å². The first-order valence-corrected chi connectivity index (χ1v) is 7.54. The average molecular weight is 295 g/mol. The van der Waals surface area contributed by atoms with Crippen LogP contribution < -0.4 is 15.4 Å². The molecule has 1 heterocycles. The van der Waals surface area contributed by atoms with Crippen LogP contribution in [0.3, 0.4) is 0 Å². The topological polar surface area (TPSA) is 92.2 Å². The van der Waals surface area contributed by atoms with Crippen molar-refractivity contribution in [2.45, 2.75) is 52.7 Å². The standard InChI is InChI=1S/C14H25N5O2/c1-5-7-21-13-18-11(15-6-2)17-12(19-13)16-9-8-10(20)14(9,3)4/h9-10,20H,5-8H2,1-4H3,(H2,15,16,17,18,19). The lowest BCUT2D eigenvalue weighted by atomic mass is 9.65. The fourth-order valence-electron chi connectivity index (χ4n) is 2.22. The molecule has 118 valence electrons. The predicted molar refractivity (Wildman–Crippen MR) is 81.6 cm³/mol. The molecule has 0 amide bonds. The Bertz CT molecular complexity index is 480. The maximum atomic E-state index is 9.80. The van der Waals surface area contributed by atoms with E-state index in [1.54, 1.807) is 0 Å². The number of ether oxygens (including phenoxy) is 1. The summed E-state index contributed by atoms with van der Waals surface area (Å²) in [6, 6.07) is 0.464. The van der Waals surface area contributed by atoms with Gasteiger partial charge in [0.2, 0.25) is 11.9 Å². The molecule has 0 bridgehead atoms. The summed E-state index contributed by atoms with van der Waals surface area (Å²) in [6.45, 7) is 9.37. The fraction of sp³-hybridized carbons (Fsp3) is 0.786. The first-order chi connectivity index (χ1) is 9.97. The summed E-state index contributed by atoms with van der Waals surface area (Å²) >= 11 is 0. The summed E-state index contributed by atoms with van der Waals surface area (Å²) in [5.41, 5.74) is -0.185. The number of aliphatic hydroxyl groups excluding tert-OH is 1. The Hall–Kier alpha value is -1.63. The third-order valence-corrected chi connectivity index (χ3v) is 3.90. The van der Waals surface area contributed by atoms with E-state index in [0.29, 0.717) is 30.9 Å². The Labute approximate surface area is 125 Å². The van der Waals surface area contributed by atoms with Gasteiger partial charge in [0, 0.05) is 18.0 Å². The van der Waals surface area contributed by atoms with E-state index in [9.17, 15) is 5.11 Å². The molecular weight excluding hydrogens is 270 g/mol. The first-order valence-electron chi connectivity index (χ1n) is 7.54. The molecule has 2 atom stereocenters. The minimum atomic E-state index is -0.291. The van der Waals surface area contributed by atoms with Gasteiger partial charge >= 0.3 is 6.01 Å².